The van der Waals surface area contributed by atoms with Crippen LogP contribution in [0.4, 0.5) is 11.4 Å². The molecular formula is C28H22N2O3. The first-order chi connectivity index (χ1) is 16.2. The summed E-state index contributed by atoms with van der Waals surface area (Å²) in [5.74, 6) is 0.124. The predicted octanol–water partition coefficient (Wildman–Crippen LogP) is 5.77. The number of carbonyl (C=O) groups is 1. The molecule has 0 spiro atoms. The molecule has 2 atom stereocenters. The number of rotatable bonds is 2. The lowest BCUT2D eigenvalue weighted by Gasteiger charge is -2.29. The number of para-hydroxylation sites is 3. The Morgan fingerprint density at radius 2 is 1.52 bits per heavy atom. The highest BCUT2D eigenvalue weighted by atomic mass is 16.3. The Hall–Kier alpha value is -4.12. The molecule has 0 saturated carbocycles. The lowest BCUT2D eigenvalue weighted by molar-refractivity contribution is -0.116. The molecule has 2 heterocycles. The molecular weight excluding hydrogens is 412 g/mol. The molecule has 1 aliphatic heterocycles. The summed E-state index contributed by atoms with van der Waals surface area (Å²) in [4.78, 5) is 27.1. The normalized spacial score (nSPS) is 19.8. The monoisotopic (exact) mass is 434 g/mol. The Morgan fingerprint density at radius 3 is 2.36 bits per heavy atom. The largest absolute Gasteiger partial charge is 0.464 e. The fourth-order valence-electron chi connectivity index (χ4n) is 4.98. The first-order valence-electron chi connectivity index (χ1n) is 11.1. The molecule has 2 aliphatic rings. The van der Waals surface area contributed by atoms with Crippen molar-refractivity contribution in [1.29, 1.82) is 0 Å². The fraction of sp³-hybridized carbons (Fsp3) is 0.143. The van der Waals surface area contributed by atoms with Crippen LogP contribution in [0.25, 0.3) is 11.0 Å². The molecule has 0 bridgehead atoms. The van der Waals surface area contributed by atoms with Gasteiger partial charge in [-0.3, -0.25) is 9.59 Å². The number of Topliss-reactive ketones (excluding diaryl/α,β-unsaturated/α-hetero) is 1. The molecule has 1 aliphatic carbocycles. The lowest BCUT2D eigenvalue weighted by atomic mass is 9.78. The topological polar surface area (TPSA) is 71.3 Å². The van der Waals surface area contributed by atoms with Crippen LogP contribution in [0.15, 0.2) is 106 Å². The maximum atomic E-state index is 13.6. The first-order valence-corrected chi connectivity index (χ1v) is 11.1. The van der Waals surface area contributed by atoms with E-state index in [4.69, 9.17) is 4.42 Å². The van der Waals surface area contributed by atoms with Crippen molar-refractivity contribution in [2.24, 2.45) is 0 Å². The van der Waals surface area contributed by atoms with E-state index in [2.05, 4.69) is 22.8 Å². The van der Waals surface area contributed by atoms with Gasteiger partial charge >= 0.3 is 0 Å². The van der Waals surface area contributed by atoms with Crippen LogP contribution in [0, 0.1) is 0 Å². The minimum atomic E-state index is -0.596. The molecule has 5 nitrogen and oxygen atoms in total. The van der Waals surface area contributed by atoms with E-state index in [9.17, 15) is 9.59 Å². The average molecular weight is 434 g/mol. The third-order valence-corrected chi connectivity index (χ3v) is 6.60. The van der Waals surface area contributed by atoms with E-state index < -0.39 is 6.04 Å². The maximum absolute atomic E-state index is 13.6. The van der Waals surface area contributed by atoms with Gasteiger partial charge in [0, 0.05) is 17.7 Å². The summed E-state index contributed by atoms with van der Waals surface area (Å²) in [6, 6.07) is 24.6. The van der Waals surface area contributed by atoms with Gasteiger partial charge in [-0.25, -0.2) is 0 Å². The molecule has 0 fully saturated rings. The molecule has 5 heteroatoms. The third kappa shape index (κ3) is 3.33. The highest BCUT2D eigenvalue weighted by Gasteiger charge is 2.37. The van der Waals surface area contributed by atoms with Crippen LogP contribution < -0.4 is 16.1 Å². The molecule has 0 amide bonds. The average Bonchev–Trinajstić information content (AvgIpc) is 3.02. The quantitative estimate of drug-likeness (QED) is 0.419. The second-order valence-electron chi connectivity index (χ2n) is 8.60. The number of anilines is 2. The molecule has 2 N–H and O–H groups in total. The van der Waals surface area contributed by atoms with Gasteiger partial charge in [-0.15, -0.1) is 0 Å². The molecule has 1 aromatic heterocycles. The van der Waals surface area contributed by atoms with Crippen LogP contribution >= 0.6 is 0 Å². The van der Waals surface area contributed by atoms with Crippen molar-refractivity contribution in [3.05, 3.63) is 118 Å². The smallest absolute Gasteiger partial charge is 0.198 e. The van der Waals surface area contributed by atoms with Gasteiger partial charge in [0.1, 0.15) is 11.8 Å². The summed E-state index contributed by atoms with van der Waals surface area (Å²) in [6.45, 7) is 0. The minimum Gasteiger partial charge on any atom is -0.464 e. The van der Waals surface area contributed by atoms with Crippen molar-refractivity contribution < 1.29 is 9.21 Å². The molecule has 4 aromatic rings. The predicted molar refractivity (Wildman–Crippen MR) is 129 cm³/mol. The zero-order valence-electron chi connectivity index (χ0n) is 17.9. The molecule has 33 heavy (non-hydrogen) atoms. The Kier molecular flexibility index (Phi) is 4.61. The fourth-order valence-corrected chi connectivity index (χ4v) is 4.98. The van der Waals surface area contributed by atoms with Gasteiger partial charge in [0.15, 0.2) is 11.2 Å². The van der Waals surface area contributed by atoms with Crippen molar-refractivity contribution in [3.8, 4) is 0 Å². The number of benzene rings is 3. The summed E-state index contributed by atoms with van der Waals surface area (Å²) < 4.78 is 5.82. The van der Waals surface area contributed by atoms with E-state index in [0.29, 0.717) is 34.9 Å². The van der Waals surface area contributed by atoms with Crippen molar-refractivity contribution >= 4 is 28.1 Å². The van der Waals surface area contributed by atoms with Gasteiger partial charge in [-0.1, -0.05) is 54.6 Å². The number of carbonyl (C=O) groups excluding carboxylic acids is 1. The lowest BCUT2D eigenvalue weighted by Crippen LogP contribution is -2.29. The highest BCUT2D eigenvalue weighted by Crippen LogP contribution is 2.43. The van der Waals surface area contributed by atoms with Crippen LogP contribution in [-0.4, -0.2) is 5.78 Å². The number of hydrogen-bond donors (Lipinski definition) is 2. The SMILES string of the molecule is O=C1C[C@H](c2ccccc2)CC2=C1[C@@H](c1coc3ccccc3c1=O)Nc1ccccc1N2. The highest BCUT2D eigenvalue weighted by molar-refractivity contribution is 6.01. The van der Waals surface area contributed by atoms with Crippen LogP contribution in [0.5, 0.6) is 0 Å². The maximum Gasteiger partial charge on any atom is 0.198 e. The van der Waals surface area contributed by atoms with E-state index in [1.807, 2.05) is 54.6 Å². The molecule has 162 valence electrons. The van der Waals surface area contributed by atoms with Crippen molar-refractivity contribution in [2.75, 3.05) is 10.6 Å². The molecule has 3 aromatic carbocycles. The van der Waals surface area contributed by atoms with Gasteiger partial charge in [-0.2, -0.15) is 0 Å². The van der Waals surface area contributed by atoms with E-state index in [1.54, 1.807) is 12.1 Å². The molecule has 0 unspecified atom stereocenters. The summed E-state index contributed by atoms with van der Waals surface area (Å²) in [5, 5.41) is 7.49. The van der Waals surface area contributed by atoms with E-state index in [-0.39, 0.29) is 17.1 Å². The number of fused-ring (bicyclic) bond motifs is 2. The number of hydrogen-bond acceptors (Lipinski definition) is 5. The van der Waals surface area contributed by atoms with Crippen molar-refractivity contribution in [2.45, 2.75) is 24.8 Å². The molecule has 6 rings (SSSR count). The van der Waals surface area contributed by atoms with E-state index >= 15 is 0 Å². The summed E-state index contributed by atoms with van der Waals surface area (Å²) in [7, 11) is 0. The number of allylic oxidation sites excluding steroid dienone is 1. The third-order valence-electron chi connectivity index (χ3n) is 6.60. The van der Waals surface area contributed by atoms with Crippen molar-refractivity contribution in [3.63, 3.8) is 0 Å². The van der Waals surface area contributed by atoms with Crippen LogP contribution in [0.1, 0.15) is 35.9 Å². The first kappa shape index (κ1) is 19.6. The summed E-state index contributed by atoms with van der Waals surface area (Å²) in [5.41, 5.74) is 5.19. The Labute approximate surface area is 190 Å². The van der Waals surface area contributed by atoms with E-state index in [1.165, 1.54) is 6.26 Å². The van der Waals surface area contributed by atoms with Crippen LogP contribution in [0.3, 0.4) is 0 Å². The van der Waals surface area contributed by atoms with Gasteiger partial charge in [-0.05, 0) is 42.2 Å². The Balaban J connectivity index is 1.52. The number of ketones is 1. The number of nitrogens with one attached hydrogen (secondary N) is 2. The Morgan fingerprint density at radius 1 is 0.788 bits per heavy atom. The minimum absolute atomic E-state index is 0.0375. The molecule has 0 radical (unpaired) electrons. The van der Waals surface area contributed by atoms with Crippen LogP contribution in [-0.2, 0) is 4.79 Å². The van der Waals surface area contributed by atoms with Crippen molar-refractivity contribution in [1.82, 2.24) is 0 Å². The summed E-state index contributed by atoms with van der Waals surface area (Å²) >= 11 is 0. The second kappa shape index (κ2) is 7.78. The van der Waals surface area contributed by atoms with E-state index in [0.717, 1.165) is 22.6 Å². The van der Waals surface area contributed by atoms with Gasteiger partial charge in [0.2, 0.25) is 0 Å². The van der Waals surface area contributed by atoms with Gasteiger partial charge < -0.3 is 15.1 Å². The zero-order valence-corrected chi connectivity index (χ0v) is 17.9. The molecule has 0 saturated heterocycles. The summed E-state index contributed by atoms with van der Waals surface area (Å²) in [6.07, 6.45) is 2.59. The second-order valence-corrected chi connectivity index (χ2v) is 8.60. The Bertz CT molecular complexity index is 1470. The van der Waals surface area contributed by atoms with Gasteiger partial charge in [0.05, 0.1) is 28.4 Å². The van der Waals surface area contributed by atoms with Crippen LogP contribution in [0.2, 0.25) is 0 Å². The van der Waals surface area contributed by atoms with Gasteiger partial charge in [0.25, 0.3) is 0 Å². The zero-order chi connectivity index (χ0) is 22.4. The standard InChI is InChI=1S/C28H22N2O3/c31-24-15-18(17-8-2-1-3-9-17)14-23-26(24)27(30-22-12-6-5-11-21(22)29-23)20-16-33-25-13-7-4-10-19(25)28(20)32/h1-13,16,18,27,29-30H,14-15H2/t18-,27-/m1/s1.